The summed E-state index contributed by atoms with van der Waals surface area (Å²) in [6.07, 6.45) is 2.78. The van der Waals surface area contributed by atoms with Crippen molar-refractivity contribution in [3.05, 3.63) is 47.9 Å². The van der Waals surface area contributed by atoms with Gasteiger partial charge >= 0.3 is 6.03 Å². The van der Waals surface area contributed by atoms with Gasteiger partial charge in [-0.2, -0.15) is 4.98 Å². The van der Waals surface area contributed by atoms with E-state index in [-0.39, 0.29) is 6.10 Å². The number of nitrogens with one attached hydrogen (secondary N) is 1. The molecule has 3 rings (SSSR count). The second kappa shape index (κ2) is 7.42. The van der Waals surface area contributed by atoms with Gasteiger partial charge in [-0.15, -0.1) is 0 Å². The molecule has 0 bridgehead atoms. The van der Waals surface area contributed by atoms with Crippen LogP contribution in [0.1, 0.15) is 18.7 Å². The molecular formula is C17H18F2N4O2. The summed E-state index contributed by atoms with van der Waals surface area (Å²) in [5.74, 6) is -0.471. The number of amides is 2. The predicted molar refractivity (Wildman–Crippen MR) is 87.4 cm³/mol. The van der Waals surface area contributed by atoms with Gasteiger partial charge in [0.25, 0.3) is 0 Å². The number of hydrogen-bond donors (Lipinski definition) is 1. The molecule has 1 fully saturated rings. The summed E-state index contributed by atoms with van der Waals surface area (Å²) in [5, 5.41) is 2.30. The van der Waals surface area contributed by atoms with E-state index in [1.807, 2.05) is 0 Å². The highest BCUT2D eigenvalue weighted by molar-refractivity contribution is 5.89. The van der Waals surface area contributed by atoms with Gasteiger partial charge in [0.05, 0.1) is 0 Å². The summed E-state index contributed by atoms with van der Waals surface area (Å²) < 4.78 is 33.0. The molecule has 25 heavy (non-hydrogen) atoms. The number of para-hydroxylation sites is 1. The molecule has 1 saturated heterocycles. The number of carbonyl (C=O) groups excluding carboxylic acids is 1. The average Bonchev–Trinajstić information content (AvgIpc) is 2.59. The zero-order valence-electron chi connectivity index (χ0n) is 13.7. The Morgan fingerprint density at radius 2 is 1.92 bits per heavy atom. The highest BCUT2D eigenvalue weighted by atomic mass is 19.1. The molecule has 0 aliphatic carbocycles. The van der Waals surface area contributed by atoms with Crippen LogP contribution in [0, 0.1) is 18.6 Å². The summed E-state index contributed by atoms with van der Waals surface area (Å²) in [5.41, 5.74) is -0.428. The number of likely N-dealkylation sites (tertiary alicyclic amines) is 1. The van der Waals surface area contributed by atoms with Crippen LogP contribution < -0.4 is 10.1 Å². The second-order valence-corrected chi connectivity index (χ2v) is 5.77. The number of piperidine rings is 1. The van der Waals surface area contributed by atoms with Gasteiger partial charge in [0.2, 0.25) is 5.88 Å². The smallest absolute Gasteiger partial charge is 0.322 e. The lowest BCUT2D eigenvalue weighted by Crippen LogP contribution is -2.44. The molecule has 1 aromatic carbocycles. The Morgan fingerprint density at radius 1 is 1.24 bits per heavy atom. The van der Waals surface area contributed by atoms with Gasteiger partial charge < -0.3 is 15.0 Å². The molecule has 2 aromatic rings. The number of rotatable bonds is 3. The van der Waals surface area contributed by atoms with Crippen LogP contribution >= 0.6 is 0 Å². The molecule has 0 unspecified atom stereocenters. The molecule has 2 amide bonds. The van der Waals surface area contributed by atoms with E-state index >= 15 is 0 Å². The Kier molecular flexibility index (Phi) is 5.06. The molecule has 0 atom stereocenters. The molecule has 0 radical (unpaired) electrons. The highest BCUT2D eigenvalue weighted by Crippen LogP contribution is 2.21. The van der Waals surface area contributed by atoms with Crippen LogP contribution in [-0.4, -0.2) is 40.1 Å². The molecule has 1 aliphatic rings. The van der Waals surface area contributed by atoms with E-state index in [1.54, 1.807) is 19.2 Å². The zero-order valence-corrected chi connectivity index (χ0v) is 13.7. The van der Waals surface area contributed by atoms with E-state index < -0.39 is 23.4 Å². The minimum absolute atomic E-state index is 0.0662. The molecule has 1 N–H and O–H groups in total. The molecule has 1 aliphatic heterocycles. The fraction of sp³-hybridized carbons (Fsp3) is 0.353. The Labute approximate surface area is 143 Å². The summed E-state index contributed by atoms with van der Waals surface area (Å²) in [6.45, 7) is 2.63. The first-order chi connectivity index (χ1) is 12.0. The third-order valence-electron chi connectivity index (χ3n) is 3.96. The van der Waals surface area contributed by atoms with Crippen molar-refractivity contribution in [1.82, 2.24) is 14.9 Å². The van der Waals surface area contributed by atoms with E-state index in [4.69, 9.17) is 4.74 Å². The maximum Gasteiger partial charge on any atom is 0.322 e. The van der Waals surface area contributed by atoms with Crippen LogP contribution in [0.15, 0.2) is 30.5 Å². The van der Waals surface area contributed by atoms with Crippen molar-refractivity contribution < 1.29 is 18.3 Å². The third kappa shape index (κ3) is 4.20. The van der Waals surface area contributed by atoms with Crippen molar-refractivity contribution in [2.24, 2.45) is 0 Å². The van der Waals surface area contributed by atoms with Gasteiger partial charge in [-0.05, 0) is 19.1 Å². The topological polar surface area (TPSA) is 67.3 Å². The van der Waals surface area contributed by atoms with Crippen molar-refractivity contribution in [3.63, 3.8) is 0 Å². The van der Waals surface area contributed by atoms with E-state index in [1.165, 1.54) is 11.0 Å². The molecule has 1 aromatic heterocycles. The van der Waals surface area contributed by atoms with E-state index in [0.717, 1.165) is 12.1 Å². The molecule has 132 valence electrons. The quantitative estimate of drug-likeness (QED) is 0.925. The van der Waals surface area contributed by atoms with Crippen LogP contribution in [0.4, 0.5) is 19.3 Å². The second-order valence-electron chi connectivity index (χ2n) is 5.77. The van der Waals surface area contributed by atoms with Crippen LogP contribution in [0.2, 0.25) is 0 Å². The molecule has 6 nitrogen and oxygen atoms in total. The number of carbonyl (C=O) groups is 1. The lowest BCUT2D eigenvalue weighted by atomic mass is 10.1. The molecular weight excluding hydrogens is 330 g/mol. The number of hydrogen-bond acceptors (Lipinski definition) is 4. The summed E-state index contributed by atoms with van der Waals surface area (Å²) >= 11 is 0. The van der Waals surface area contributed by atoms with Gasteiger partial charge in [-0.1, -0.05) is 6.07 Å². The van der Waals surface area contributed by atoms with Crippen LogP contribution in [0.25, 0.3) is 0 Å². The number of ether oxygens (including phenoxy) is 1. The fourth-order valence-corrected chi connectivity index (χ4v) is 2.65. The average molecular weight is 348 g/mol. The van der Waals surface area contributed by atoms with Crippen molar-refractivity contribution in [2.45, 2.75) is 25.9 Å². The van der Waals surface area contributed by atoms with Crippen molar-refractivity contribution in [3.8, 4) is 5.88 Å². The van der Waals surface area contributed by atoms with Gasteiger partial charge in [-0.3, -0.25) is 0 Å². The number of anilines is 1. The first-order valence-electron chi connectivity index (χ1n) is 7.99. The van der Waals surface area contributed by atoms with Crippen LogP contribution in [0.3, 0.4) is 0 Å². The first kappa shape index (κ1) is 17.1. The largest absolute Gasteiger partial charge is 0.474 e. The van der Waals surface area contributed by atoms with Crippen molar-refractivity contribution in [2.75, 3.05) is 18.4 Å². The maximum absolute atomic E-state index is 13.6. The van der Waals surface area contributed by atoms with E-state index in [9.17, 15) is 13.6 Å². The predicted octanol–water partition coefficient (Wildman–Crippen LogP) is 3.14. The van der Waals surface area contributed by atoms with Crippen LogP contribution in [-0.2, 0) is 0 Å². The lowest BCUT2D eigenvalue weighted by Gasteiger charge is -2.32. The zero-order chi connectivity index (χ0) is 17.8. The number of aromatic nitrogens is 2. The minimum Gasteiger partial charge on any atom is -0.474 e. The number of urea groups is 1. The normalized spacial score (nSPS) is 15.1. The van der Waals surface area contributed by atoms with Gasteiger partial charge in [-0.25, -0.2) is 18.6 Å². The first-order valence-corrected chi connectivity index (χ1v) is 7.99. The molecule has 8 heteroatoms. The number of halogens is 2. The summed E-state index contributed by atoms with van der Waals surface area (Å²) in [6, 6.07) is 4.61. The molecule has 0 saturated carbocycles. The lowest BCUT2D eigenvalue weighted by molar-refractivity contribution is 0.111. The van der Waals surface area contributed by atoms with E-state index in [2.05, 4.69) is 15.3 Å². The third-order valence-corrected chi connectivity index (χ3v) is 3.96. The van der Waals surface area contributed by atoms with E-state index in [0.29, 0.717) is 37.6 Å². The molecule has 2 heterocycles. The molecule has 0 spiro atoms. The Hall–Kier alpha value is -2.77. The highest BCUT2D eigenvalue weighted by Gasteiger charge is 2.25. The Bertz CT molecular complexity index is 744. The SMILES string of the molecule is Cc1nccc(OC2CCN(C(=O)Nc3c(F)cccc3F)CC2)n1. The monoisotopic (exact) mass is 348 g/mol. The number of benzene rings is 1. The number of aryl methyl sites for hydroxylation is 1. The summed E-state index contributed by atoms with van der Waals surface area (Å²) in [7, 11) is 0. The minimum atomic E-state index is -0.800. The van der Waals surface area contributed by atoms with Crippen LogP contribution in [0.5, 0.6) is 5.88 Å². The van der Waals surface area contributed by atoms with Gasteiger partial charge in [0.1, 0.15) is 29.3 Å². The Balaban J connectivity index is 1.54. The Morgan fingerprint density at radius 3 is 2.56 bits per heavy atom. The standard InChI is InChI=1S/C17H18F2N4O2/c1-11-20-8-5-15(21-11)25-12-6-9-23(10-7-12)17(24)22-16-13(18)3-2-4-14(16)19/h2-5,8,12H,6-7,9-10H2,1H3,(H,22,24). The fourth-order valence-electron chi connectivity index (χ4n) is 2.65. The van der Waals surface area contributed by atoms with Crippen molar-refractivity contribution >= 4 is 11.7 Å². The summed E-state index contributed by atoms with van der Waals surface area (Å²) in [4.78, 5) is 21.9. The maximum atomic E-state index is 13.6. The number of nitrogens with zero attached hydrogens (tertiary/aromatic N) is 3. The van der Waals surface area contributed by atoms with Gasteiger partial charge in [0, 0.05) is 38.2 Å². The van der Waals surface area contributed by atoms with Crippen molar-refractivity contribution in [1.29, 1.82) is 0 Å². The van der Waals surface area contributed by atoms with Gasteiger partial charge in [0.15, 0.2) is 0 Å².